The second-order valence-electron chi connectivity index (χ2n) is 4.53. The van der Waals surface area contributed by atoms with E-state index in [1.807, 2.05) is 6.92 Å². The summed E-state index contributed by atoms with van der Waals surface area (Å²) in [6.45, 7) is 7.51. The van der Waals surface area contributed by atoms with Crippen molar-refractivity contribution in [2.24, 2.45) is 16.3 Å². The van der Waals surface area contributed by atoms with Gasteiger partial charge in [-0.3, -0.25) is 0 Å². The van der Waals surface area contributed by atoms with Crippen molar-refractivity contribution < 1.29 is 9.94 Å². The number of nitrogens with zero attached hydrogens (tertiary/aromatic N) is 1. The van der Waals surface area contributed by atoms with Gasteiger partial charge in [-0.2, -0.15) is 0 Å². The third kappa shape index (κ3) is 2.60. The van der Waals surface area contributed by atoms with Crippen LogP contribution in [0.2, 0.25) is 0 Å². The van der Waals surface area contributed by atoms with Crippen LogP contribution in [0.4, 0.5) is 0 Å². The van der Waals surface area contributed by atoms with Crippen molar-refractivity contribution in [3.8, 4) is 0 Å². The highest BCUT2D eigenvalue weighted by molar-refractivity contribution is 5.81. The van der Waals surface area contributed by atoms with E-state index in [1.54, 1.807) is 0 Å². The Labute approximate surface area is 90.7 Å². The molecular formula is C10H21N3O2. The molecule has 1 saturated carbocycles. The monoisotopic (exact) mass is 215 g/mol. The first-order valence-corrected chi connectivity index (χ1v) is 5.33. The van der Waals surface area contributed by atoms with Gasteiger partial charge in [-0.15, -0.1) is 0 Å². The lowest BCUT2D eigenvalue weighted by atomic mass is 9.64. The number of nitrogens with two attached hydrogens (primary N) is 1. The van der Waals surface area contributed by atoms with Gasteiger partial charge in [0.05, 0.1) is 12.6 Å². The maximum absolute atomic E-state index is 8.40. The van der Waals surface area contributed by atoms with Crippen LogP contribution in [0.3, 0.4) is 0 Å². The normalized spacial score (nSPS) is 29.9. The van der Waals surface area contributed by atoms with E-state index in [2.05, 4.69) is 24.3 Å². The predicted octanol–water partition coefficient (Wildman–Crippen LogP) is 0.526. The lowest BCUT2D eigenvalue weighted by Crippen LogP contribution is -2.61. The molecule has 1 aliphatic rings. The average Bonchev–Trinajstić information content (AvgIpc) is 2.21. The Morgan fingerprint density at radius 3 is 2.80 bits per heavy atom. The van der Waals surface area contributed by atoms with E-state index < -0.39 is 0 Å². The molecule has 0 aliphatic heterocycles. The number of hydrogen-bond donors (Lipinski definition) is 3. The van der Waals surface area contributed by atoms with Crippen LogP contribution >= 0.6 is 0 Å². The van der Waals surface area contributed by atoms with Crippen LogP contribution in [0, 0.1) is 5.41 Å². The molecule has 5 heteroatoms. The fraction of sp³-hybridized carbons (Fsp3) is 0.900. The van der Waals surface area contributed by atoms with Gasteiger partial charge in [0.1, 0.15) is 0 Å². The van der Waals surface area contributed by atoms with Crippen LogP contribution in [0.15, 0.2) is 5.16 Å². The molecule has 0 saturated heterocycles. The molecule has 88 valence electrons. The summed E-state index contributed by atoms with van der Waals surface area (Å²) >= 11 is 0. The van der Waals surface area contributed by atoms with E-state index >= 15 is 0 Å². The molecule has 2 unspecified atom stereocenters. The van der Waals surface area contributed by atoms with Gasteiger partial charge in [0.15, 0.2) is 5.84 Å². The summed E-state index contributed by atoms with van der Waals surface area (Å²) in [6, 6.07) is 0.370. The van der Waals surface area contributed by atoms with E-state index in [0.717, 1.165) is 13.0 Å². The first-order chi connectivity index (χ1) is 7.02. The van der Waals surface area contributed by atoms with Gasteiger partial charge in [0.25, 0.3) is 0 Å². The predicted molar refractivity (Wildman–Crippen MR) is 59.0 cm³/mol. The number of amidine groups is 1. The van der Waals surface area contributed by atoms with Crippen LogP contribution < -0.4 is 11.1 Å². The Morgan fingerprint density at radius 2 is 2.33 bits per heavy atom. The molecule has 0 heterocycles. The quantitative estimate of drug-likeness (QED) is 0.270. The van der Waals surface area contributed by atoms with Gasteiger partial charge < -0.3 is 21.0 Å². The third-order valence-electron chi connectivity index (χ3n) is 3.20. The fourth-order valence-corrected chi connectivity index (χ4v) is 1.98. The van der Waals surface area contributed by atoms with Gasteiger partial charge in [0.2, 0.25) is 0 Å². The summed E-state index contributed by atoms with van der Waals surface area (Å²) in [4.78, 5) is 0. The molecule has 0 aromatic carbocycles. The molecule has 15 heavy (non-hydrogen) atoms. The standard InChI is InChI=1S/C10H21N3O2/c1-4-15-8-5-7(10(8,2)3)12-6-9(11)13-14/h7-8,12,14H,4-6H2,1-3H3,(H2,11,13). The van der Waals surface area contributed by atoms with Gasteiger partial charge in [0, 0.05) is 18.1 Å². The minimum Gasteiger partial charge on any atom is -0.409 e. The zero-order chi connectivity index (χ0) is 11.5. The van der Waals surface area contributed by atoms with Crippen molar-refractivity contribution in [3.63, 3.8) is 0 Å². The summed E-state index contributed by atoms with van der Waals surface area (Å²) in [7, 11) is 0. The Bertz CT molecular complexity index is 241. The maximum atomic E-state index is 8.40. The maximum Gasteiger partial charge on any atom is 0.153 e. The molecule has 2 atom stereocenters. The molecular weight excluding hydrogens is 194 g/mol. The van der Waals surface area contributed by atoms with Crippen molar-refractivity contribution in [3.05, 3.63) is 0 Å². The van der Waals surface area contributed by atoms with E-state index in [1.165, 1.54) is 0 Å². The van der Waals surface area contributed by atoms with Crippen LogP contribution in [0.5, 0.6) is 0 Å². The van der Waals surface area contributed by atoms with Gasteiger partial charge in [-0.25, -0.2) is 0 Å². The van der Waals surface area contributed by atoms with Gasteiger partial charge in [-0.05, 0) is 13.3 Å². The highest BCUT2D eigenvalue weighted by Crippen LogP contribution is 2.42. The Balaban J connectivity index is 2.35. The SMILES string of the molecule is CCOC1CC(NCC(N)=NO)C1(C)C. The average molecular weight is 215 g/mol. The smallest absolute Gasteiger partial charge is 0.153 e. The number of rotatable bonds is 5. The minimum absolute atomic E-state index is 0.117. The molecule has 4 N–H and O–H groups in total. The number of oxime groups is 1. The molecule has 0 amide bonds. The van der Waals surface area contributed by atoms with Crippen LogP contribution in [-0.2, 0) is 4.74 Å². The molecule has 1 rings (SSSR count). The first kappa shape index (κ1) is 12.3. The number of nitrogens with one attached hydrogen (secondary N) is 1. The van der Waals surface area contributed by atoms with E-state index in [4.69, 9.17) is 15.7 Å². The highest BCUT2D eigenvalue weighted by Gasteiger charge is 2.48. The van der Waals surface area contributed by atoms with Crippen molar-refractivity contribution in [2.75, 3.05) is 13.2 Å². The topological polar surface area (TPSA) is 79.9 Å². The second-order valence-corrected chi connectivity index (χ2v) is 4.53. The van der Waals surface area contributed by atoms with Crippen LogP contribution in [0.1, 0.15) is 27.2 Å². The Morgan fingerprint density at radius 1 is 1.67 bits per heavy atom. The summed E-state index contributed by atoms with van der Waals surface area (Å²) in [5, 5.41) is 14.6. The zero-order valence-electron chi connectivity index (χ0n) is 9.66. The first-order valence-electron chi connectivity index (χ1n) is 5.33. The van der Waals surface area contributed by atoms with Crippen molar-refractivity contribution >= 4 is 5.84 Å². The lowest BCUT2D eigenvalue weighted by molar-refractivity contribution is -0.113. The van der Waals surface area contributed by atoms with Crippen molar-refractivity contribution in [2.45, 2.75) is 39.3 Å². The summed E-state index contributed by atoms with van der Waals surface area (Å²) in [5.41, 5.74) is 5.51. The minimum atomic E-state index is 0.117. The lowest BCUT2D eigenvalue weighted by Gasteiger charge is -2.51. The highest BCUT2D eigenvalue weighted by atomic mass is 16.5. The second kappa shape index (κ2) is 4.81. The Kier molecular flexibility index (Phi) is 3.93. The molecule has 5 nitrogen and oxygen atoms in total. The molecule has 0 spiro atoms. The molecule has 1 fully saturated rings. The largest absolute Gasteiger partial charge is 0.409 e. The van der Waals surface area contributed by atoms with Crippen molar-refractivity contribution in [1.29, 1.82) is 0 Å². The number of hydrogen-bond acceptors (Lipinski definition) is 4. The van der Waals surface area contributed by atoms with Gasteiger partial charge in [-0.1, -0.05) is 19.0 Å². The van der Waals surface area contributed by atoms with Gasteiger partial charge >= 0.3 is 0 Å². The fourth-order valence-electron chi connectivity index (χ4n) is 1.98. The zero-order valence-corrected chi connectivity index (χ0v) is 9.66. The molecule has 0 bridgehead atoms. The molecule has 0 aromatic rings. The Hall–Kier alpha value is -0.810. The molecule has 0 aromatic heterocycles. The number of ether oxygens (including phenoxy) is 1. The summed E-state index contributed by atoms with van der Waals surface area (Å²) in [6.07, 6.45) is 1.30. The third-order valence-corrected chi connectivity index (χ3v) is 3.20. The molecule has 0 radical (unpaired) electrons. The van der Waals surface area contributed by atoms with Crippen LogP contribution in [-0.4, -0.2) is 36.3 Å². The van der Waals surface area contributed by atoms with E-state index in [-0.39, 0.29) is 11.3 Å². The van der Waals surface area contributed by atoms with E-state index in [0.29, 0.717) is 18.7 Å². The summed E-state index contributed by atoms with van der Waals surface area (Å²) in [5.74, 6) is 0.214. The summed E-state index contributed by atoms with van der Waals surface area (Å²) < 4.78 is 5.61. The van der Waals surface area contributed by atoms with Crippen LogP contribution in [0.25, 0.3) is 0 Å². The molecule has 1 aliphatic carbocycles. The van der Waals surface area contributed by atoms with E-state index in [9.17, 15) is 0 Å². The van der Waals surface area contributed by atoms with Crippen molar-refractivity contribution in [1.82, 2.24) is 5.32 Å².